The molecule has 0 amide bonds. The van der Waals surface area contributed by atoms with Crippen molar-refractivity contribution in [1.82, 2.24) is 0 Å². The Labute approximate surface area is 99.8 Å². The van der Waals surface area contributed by atoms with Gasteiger partial charge in [-0.2, -0.15) is 18.2 Å². The molecule has 0 radical (unpaired) electrons. The Balaban J connectivity index is -0.000000213. The van der Waals surface area contributed by atoms with E-state index in [0.29, 0.717) is 0 Å². The predicted octanol–water partition coefficient (Wildman–Crippen LogP) is -1.30. The molecule has 0 bridgehead atoms. The quantitative estimate of drug-likeness (QED) is 0.443. The van der Waals surface area contributed by atoms with Crippen LogP contribution < -0.4 is 17.1 Å². The molecule has 1 nitrogen and oxygen atoms in total. The van der Waals surface area contributed by atoms with Crippen molar-refractivity contribution in [1.29, 1.82) is 0 Å². The largest absolute Gasteiger partial charge is 2.00 e. The number of hydrogen-bond donors (Lipinski definition) is 0. The zero-order valence-electron chi connectivity index (χ0n) is 6.21. The number of benzene rings is 1. The van der Waals surface area contributed by atoms with Crippen molar-refractivity contribution in [3.63, 3.8) is 0 Å². The first-order chi connectivity index (χ1) is 3.93. The fourth-order valence-corrected chi connectivity index (χ4v) is 0.504. The van der Waals surface area contributed by atoms with Crippen LogP contribution in [0.2, 0.25) is 0 Å². The molecule has 0 unspecified atom stereocenters. The van der Waals surface area contributed by atoms with Crippen molar-refractivity contribution in [3.05, 3.63) is 30.3 Å². The van der Waals surface area contributed by atoms with E-state index in [0.717, 1.165) is 5.75 Å². The minimum absolute atomic E-state index is 0. The molecule has 11 heavy (non-hydrogen) atoms. The van der Waals surface area contributed by atoms with Crippen LogP contribution in [0.1, 0.15) is 0 Å². The molecule has 0 N–H and O–H groups in total. The van der Waals surface area contributed by atoms with Gasteiger partial charge in [-0.3, -0.25) is 0 Å². The summed E-state index contributed by atoms with van der Waals surface area (Å²) >= 11 is 0. The first-order valence-corrected chi connectivity index (χ1v) is 2.44. The predicted molar refractivity (Wildman–Crippen MR) is 47.9 cm³/mol. The summed E-state index contributed by atoms with van der Waals surface area (Å²) in [7, 11) is 1.63. The summed E-state index contributed by atoms with van der Waals surface area (Å²) in [5.41, 5.74) is 0. The molecule has 4 heteroatoms. The molecule has 1 rings (SSSR count). The van der Waals surface area contributed by atoms with Crippen LogP contribution >= 0.6 is 17.0 Å². The van der Waals surface area contributed by atoms with E-state index in [-0.39, 0.29) is 52.4 Å². The Hall–Kier alpha value is 0.556. The van der Waals surface area contributed by atoms with E-state index in [1.54, 1.807) is 7.11 Å². The molecule has 0 spiro atoms. The van der Waals surface area contributed by atoms with Gasteiger partial charge >= 0.3 is 23.1 Å². The van der Waals surface area contributed by atoms with E-state index in [4.69, 9.17) is 4.74 Å². The maximum absolute atomic E-state index is 4.86. The first-order valence-electron chi connectivity index (χ1n) is 2.44. The Morgan fingerprint density at radius 3 is 2.27 bits per heavy atom. The zero-order chi connectivity index (χ0) is 5.82. The number of para-hydroxylation sites is 1. The van der Waals surface area contributed by atoms with Gasteiger partial charge < -0.3 is 17.1 Å². The summed E-state index contributed by atoms with van der Waals surface area (Å²) in [4.78, 5) is 0. The molecular weight excluding hydrogens is 240 g/mol. The van der Waals surface area contributed by atoms with Crippen LogP contribution in [0.3, 0.4) is 0 Å². The van der Waals surface area contributed by atoms with E-state index in [1.165, 1.54) is 0 Å². The van der Waals surface area contributed by atoms with E-state index >= 15 is 0 Å². The van der Waals surface area contributed by atoms with Crippen LogP contribution in [0.4, 0.5) is 0 Å². The molecule has 0 heterocycles. The maximum atomic E-state index is 4.86. The van der Waals surface area contributed by atoms with Gasteiger partial charge in [0.2, 0.25) is 0 Å². The minimum atomic E-state index is 0. The number of halogens is 2. The Kier molecular flexibility index (Phi) is 16.9. The molecule has 1 aromatic carbocycles. The standard InChI is InChI=1S/C7H7O.BrH.ClH.Mg/c1-8-7-5-3-2-4-6-7;;;/h2-5H,1H3;2*1H;/q-1;;;+2/p-1. The maximum Gasteiger partial charge on any atom is 2.00 e. The molecule has 0 aliphatic rings. The fourth-order valence-electron chi connectivity index (χ4n) is 0.504. The van der Waals surface area contributed by atoms with Gasteiger partial charge in [-0.15, -0.1) is 29.1 Å². The molecule has 0 atom stereocenters. The number of hydrogen-bond acceptors (Lipinski definition) is 1. The monoisotopic (exact) mass is 246 g/mol. The van der Waals surface area contributed by atoms with E-state index in [1.807, 2.05) is 24.3 Å². The molecule has 0 aliphatic heterocycles. The summed E-state index contributed by atoms with van der Waals surface area (Å²) in [5, 5.41) is 0. The third-order valence-corrected chi connectivity index (χ3v) is 0.900. The summed E-state index contributed by atoms with van der Waals surface area (Å²) in [6.07, 6.45) is 0. The zero-order valence-corrected chi connectivity index (χ0v) is 10.1. The smallest absolute Gasteiger partial charge is 1.00 e. The van der Waals surface area contributed by atoms with Crippen LogP contribution in [-0.2, 0) is 0 Å². The van der Waals surface area contributed by atoms with Crippen LogP contribution in [0.15, 0.2) is 24.3 Å². The number of methoxy groups -OCH3 is 1. The number of rotatable bonds is 1. The number of ether oxygens (including phenoxy) is 1. The SMILES string of the molecule is Br.COc1[c-]cccc1.[Cl-].[Mg+2]. The molecule has 1 aromatic rings. The second kappa shape index (κ2) is 10.6. The van der Waals surface area contributed by atoms with Gasteiger partial charge in [-0.25, -0.2) is 0 Å². The van der Waals surface area contributed by atoms with Crippen molar-refractivity contribution in [2.45, 2.75) is 0 Å². The normalized spacial score (nSPS) is 6.27. The summed E-state index contributed by atoms with van der Waals surface area (Å²) in [5.74, 6) is 0.785. The summed E-state index contributed by atoms with van der Waals surface area (Å²) in [6.45, 7) is 0. The molecule has 0 saturated carbocycles. The fraction of sp³-hybridized carbons (Fsp3) is 0.143. The van der Waals surface area contributed by atoms with Crippen molar-refractivity contribution in [2.24, 2.45) is 0 Å². The second-order valence-electron chi connectivity index (χ2n) is 1.43. The molecule has 0 saturated heterocycles. The summed E-state index contributed by atoms with van der Waals surface area (Å²) in [6, 6.07) is 10.4. The van der Waals surface area contributed by atoms with Gasteiger partial charge in [0, 0.05) is 5.75 Å². The van der Waals surface area contributed by atoms with Crippen molar-refractivity contribution in [3.8, 4) is 5.75 Å². The van der Waals surface area contributed by atoms with E-state index in [2.05, 4.69) is 6.07 Å². The second-order valence-corrected chi connectivity index (χ2v) is 1.43. The third-order valence-electron chi connectivity index (χ3n) is 0.900. The van der Waals surface area contributed by atoms with Gasteiger partial charge in [0.25, 0.3) is 0 Å². The van der Waals surface area contributed by atoms with Gasteiger partial charge in [0.15, 0.2) is 0 Å². The Bertz CT molecular complexity index is 160. The molecular formula is C7H8BrClMgO. The average molecular weight is 248 g/mol. The summed E-state index contributed by atoms with van der Waals surface area (Å²) < 4.78 is 4.86. The third kappa shape index (κ3) is 6.94. The minimum Gasteiger partial charge on any atom is -1.00 e. The molecule has 0 aromatic heterocycles. The van der Waals surface area contributed by atoms with Gasteiger partial charge in [-0.05, 0) is 0 Å². The van der Waals surface area contributed by atoms with Crippen LogP contribution in [0, 0.1) is 6.07 Å². The average Bonchev–Trinajstić information content (AvgIpc) is 1.90. The van der Waals surface area contributed by atoms with E-state index < -0.39 is 0 Å². The van der Waals surface area contributed by atoms with Crippen molar-refractivity contribution >= 4 is 40.0 Å². The van der Waals surface area contributed by atoms with Gasteiger partial charge in [0.05, 0.1) is 7.11 Å². The Morgan fingerprint density at radius 2 is 2.00 bits per heavy atom. The molecule has 0 fully saturated rings. The first kappa shape index (κ1) is 17.6. The van der Waals surface area contributed by atoms with Gasteiger partial charge in [0.1, 0.15) is 0 Å². The Morgan fingerprint density at radius 1 is 1.36 bits per heavy atom. The topological polar surface area (TPSA) is 9.23 Å². The van der Waals surface area contributed by atoms with Crippen molar-refractivity contribution in [2.75, 3.05) is 7.11 Å². The van der Waals surface area contributed by atoms with Crippen LogP contribution in [0.25, 0.3) is 0 Å². The van der Waals surface area contributed by atoms with Crippen LogP contribution in [-0.4, -0.2) is 30.2 Å². The van der Waals surface area contributed by atoms with Crippen molar-refractivity contribution < 1.29 is 17.1 Å². The molecule has 58 valence electrons. The van der Waals surface area contributed by atoms with Crippen LogP contribution in [0.5, 0.6) is 5.75 Å². The molecule has 0 aliphatic carbocycles. The van der Waals surface area contributed by atoms with Gasteiger partial charge in [-0.1, -0.05) is 0 Å². The van der Waals surface area contributed by atoms with E-state index in [9.17, 15) is 0 Å².